The zero-order chi connectivity index (χ0) is 23.1. The highest BCUT2D eigenvalue weighted by atomic mass is 32.2. The van der Waals surface area contributed by atoms with Crippen LogP contribution >= 0.6 is 0 Å². The lowest BCUT2D eigenvalue weighted by Crippen LogP contribution is -2.29. The molecule has 2 saturated heterocycles. The van der Waals surface area contributed by atoms with E-state index in [0.717, 1.165) is 32.5 Å². The minimum Gasteiger partial charge on any atom is -0.492 e. The van der Waals surface area contributed by atoms with Gasteiger partial charge in [-0.05, 0) is 80.7 Å². The summed E-state index contributed by atoms with van der Waals surface area (Å²) in [5, 5.41) is 2.87. The van der Waals surface area contributed by atoms with E-state index in [1.165, 1.54) is 29.1 Å². The van der Waals surface area contributed by atoms with Gasteiger partial charge in [0.1, 0.15) is 12.4 Å². The highest BCUT2D eigenvalue weighted by Crippen LogP contribution is 2.23. The van der Waals surface area contributed by atoms with Gasteiger partial charge >= 0.3 is 0 Å². The summed E-state index contributed by atoms with van der Waals surface area (Å²) >= 11 is 0. The highest BCUT2D eigenvalue weighted by Gasteiger charge is 2.26. The summed E-state index contributed by atoms with van der Waals surface area (Å²) < 4.78 is 32.3. The lowest BCUT2D eigenvalue weighted by molar-refractivity contribution is 0.0947. The fraction of sp³-hybridized carbons (Fsp3) is 0.480. The summed E-state index contributed by atoms with van der Waals surface area (Å²) in [6.07, 6.45) is 5.68. The number of piperidine rings is 1. The van der Waals surface area contributed by atoms with Gasteiger partial charge in [0.2, 0.25) is 10.0 Å². The number of sulfonamides is 1. The van der Waals surface area contributed by atoms with Crippen LogP contribution in [0.3, 0.4) is 0 Å². The van der Waals surface area contributed by atoms with Crippen LogP contribution in [-0.2, 0) is 16.6 Å². The number of benzene rings is 2. The Morgan fingerprint density at radius 3 is 2.15 bits per heavy atom. The zero-order valence-corrected chi connectivity index (χ0v) is 19.9. The van der Waals surface area contributed by atoms with Gasteiger partial charge in [0, 0.05) is 25.2 Å². The largest absolute Gasteiger partial charge is 0.492 e. The van der Waals surface area contributed by atoms with Crippen molar-refractivity contribution in [1.82, 2.24) is 14.5 Å². The Morgan fingerprint density at radius 1 is 0.848 bits per heavy atom. The fourth-order valence-corrected chi connectivity index (χ4v) is 5.88. The van der Waals surface area contributed by atoms with Gasteiger partial charge in [-0.1, -0.05) is 18.6 Å². The molecule has 0 spiro atoms. The molecule has 2 aliphatic heterocycles. The van der Waals surface area contributed by atoms with Gasteiger partial charge in [-0.25, -0.2) is 8.42 Å². The van der Waals surface area contributed by atoms with E-state index in [4.69, 9.17) is 4.74 Å². The molecular weight excluding hydrogens is 438 g/mol. The Labute approximate surface area is 196 Å². The van der Waals surface area contributed by atoms with Crippen LogP contribution in [0.2, 0.25) is 0 Å². The van der Waals surface area contributed by atoms with Crippen molar-refractivity contribution in [3.8, 4) is 5.75 Å². The lowest BCUT2D eigenvalue weighted by atomic mass is 10.1. The molecule has 2 fully saturated rings. The molecule has 0 bridgehead atoms. The fourth-order valence-electron chi connectivity index (χ4n) is 4.36. The van der Waals surface area contributed by atoms with E-state index in [0.29, 0.717) is 37.6 Å². The highest BCUT2D eigenvalue weighted by molar-refractivity contribution is 7.89. The first-order chi connectivity index (χ1) is 16.0. The van der Waals surface area contributed by atoms with Crippen molar-refractivity contribution in [2.24, 2.45) is 0 Å². The van der Waals surface area contributed by atoms with Crippen molar-refractivity contribution in [3.05, 3.63) is 59.7 Å². The van der Waals surface area contributed by atoms with E-state index >= 15 is 0 Å². The maximum Gasteiger partial charge on any atom is 0.251 e. The van der Waals surface area contributed by atoms with Gasteiger partial charge in [0.05, 0.1) is 11.4 Å². The number of amides is 1. The Balaban J connectivity index is 1.20. The van der Waals surface area contributed by atoms with Crippen molar-refractivity contribution in [2.75, 3.05) is 39.3 Å². The number of ether oxygens (including phenoxy) is 1. The molecule has 2 aromatic rings. The molecule has 2 aromatic carbocycles. The third-order valence-corrected chi connectivity index (χ3v) is 8.17. The van der Waals surface area contributed by atoms with Crippen molar-refractivity contribution >= 4 is 15.9 Å². The number of carbonyl (C=O) groups excluding carboxylic acids is 1. The molecule has 0 aromatic heterocycles. The summed E-state index contributed by atoms with van der Waals surface area (Å²) in [4.78, 5) is 15.1. The Hall–Kier alpha value is -2.42. The average Bonchev–Trinajstić information content (AvgIpc) is 3.39. The standard InChI is InChI=1S/C25H33N3O4S/c29-25(22-8-6-21(7-9-22)20-27-15-2-1-3-16-27)26-14-19-32-23-10-12-24(13-11-23)33(30,31)28-17-4-5-18-28/h6-13H,1-5,14-20H2,(H,26,29). The van der Waals surface area contributed by atoms with Gasteiger partial charge < -0.3 is 10.1 Å². The second-order valence-corrected chi connectivity index (χ2v) is 10.7. The normalized spacial score (nSPS) is 17.7. The third kappa shape index (κ3) is 6.34. The molecule has 0 unspecified atom stereocenters. The van der Waals surface area contributed by atoms with Gasteiger partial charge in [-0.3, -0.25) is 9.69 Å². The number of hydrogen-bond acceptors (Lipinski definition) is 5. The van der Waals surface area contributed by atoms with Crippen LogP contribution in [0.4, 0.5) is 0 Å². The first kappa shape index (κ1) is 23.7. The zero-order valence-electron chi connectivity index (χ0n) is 19.0. The molecule has 7 nitrogen and oxygen atoms in total. The summed E-state index contributed by atoms with van der Waals surface area (Å²) in [6, 6.07) is 14.3. The van der Waals surface area contributed by atoms with Gasteiger partial charge in [0.15, 0.2) is 0 Å². The molecule has 8 heteroatoms. The van der Waals surface area contributed by atoms with E-state index in [2.05, 4.69) is 10.2 Å². The smallest absolute Gasteiger partial charge is 0.251 e. The van der Waals surface area contributed by atoms with E-state index in [9.17, 15) is 13.2 Å². The van der Waals surface area contributed by atoms with Crippen molar-refractivity contribution in [2.45, 2.75) is 43.5 Å². The molecule has 33 heavy (non-hydrogen) atoms. The number of carbonyl (C=O) groups is 1. The van der Waals surface area contributed by atoms with Crippen LogP contribution in [0.25, 0.3) is 0 Å². The topological polar surface area (TPSA) is 78.9 Å². The summed E-state index contributed by atoms with van der Waals surface area (Å²) in [5.74, 6) is 0.446. The number of hydrogen-bond donors (Lipinski definition) is 1. The van der Waals surface area contributed by atoms with Gasteiger partial charge in [-0.15, -0.1) is 0 Å². The van der Waals surface area contributed by atoms with Gasteiger partial charge in [-0.2, -0.15) is 4.31 Å². The predicted molar refractivity (Wildman–Crippen MR) is 128 cm³/mol. The van der Waals surface area contributed by atoms with Crippen molar-refractivity contribution in [1.29, 1.82) is 0 Å². The second kappa shape index (κ2) is 11.1. The van der Waals surface area contributed by atoms with E-state index in [-0.39, 0.29) is 10.8 Å². The monoisotopic (exact) mass is 471 g/mol. The Bertz CT molecular complexity index is 1010. The summed E-state index contributed by atoms with van der Waals surface area (Å²) in [5.41, 5.74) is 1.86. The maximum absolute atomic E-state index is 12.6. The van der Waals surface area contributed by atoms with E-state index < -0.39 is 10.0 Å². The van der Waals surface area contributed by atoms with Crippen LogP contribution in [-0.4, -0.2) is 62.9 Å². The third-order valence-electron chi connectivity index (χ3n) is 6.25. The SMILES string of the molecule is O=C(NCCOc1ccc(S(=O)(=O)N2CCCC2)cc1)c1ccc(CN2CCCCC2)cc1. The first-order valence-corrected chi connectivity index (χ1v) is 13.3. The lowest BCUT2D eigenvalue weighted by Gasteiger charge is -2.26. The Kier molecular flexibility index (Phi) is 8.01. The van der Waals surface area contributed by atoms with Crippen LogP contribution in [0.5, 0.6) is 5.75 Å². The van der Waals surface area contributed by atoms with Crippen LogP contribution < -0.4 is 10.1 Å². The number of nitrogens with zero attached hydrogens (tertiary/aromatic N) is 2. The second-order valence-electron chi connectivity index (χ2n) is 8.72. The van der Waals surface area contributed by atoms with E-state index in [1.54, 1.807) is 24.3 Å². The molecule has 1 amide bonds. The average molecular weight is 472 g/mol. The number of rotatable bonds is 9. The molecule has 178 valence electrons. The maximum atomic E-state index is 12.6. The minimum atomic E-state index is -3.42. The molecule has 2 aliphatic rings. The molecule has 2 heterocycles. The molecule has 1 N–H and O–H groups in total. The van der Waals surface area contributed by atoms with Crippen molar-refractivity contribution < 1.29 is 17.9 Å². The van der Waals surface area contributed by atoms with Crippen LogP contribution in [0, 0.1) is 0 Å². The molecule has 4 rings (SSSR count). The summed E-state index contributed by atoms with van der Waals surface area (Å²) in [7, 11) is -3.42. The number of nitrogens with one attached hydrogen (secondary N) is 1. The van der Waals surface area contributed by atoms with Crippen LogP contribution in [0.15, 0.2) is 53.4 Å². The predicted octanol–water partition coefficient (Wildman–Crippen LogP) is 3.27. The van der Waals surface area contributed by atoms with Crippen molar-refractivity contribution in [3.63, 3.8) is 0 Å². The quantitative estimate of drug-likeness (QED) is 0.568. The van der Waals surface area contributed by atoms with E-state index in [1.807, 2.05) is 24.3 Å². The summed E-state index contributed by atoms with van der Waals surface area (Å²) in [6.45, 7) is 5.08. The molecule has 0 aliphatic carbocycles. The van der Waals surface area contributed by atoms with Gasteiger partial charge in [0.25, 0.3) is 5.91 Å². The van der Waals surface area contributed by atoms with Crippen LogP contribution in [0.1, 0.15) is 48.0 Å². The molecule has 0 atom stereocenters. The minimum absolute atomic E-state index is 0.129. The molecule has 0 radical (unpaired) electrons. The Morgan fingerprint density at radius 2 is 1.48 bits per heavy atom. The first-order valence-electron chi connectivity index (χ1n) is 11.8. The number of likely N-dealkylation sites (tertiary alicyclic amines) is 1. The molecule has 0 saturated carbocycles. The molecular formula is C25H33N3O4S.